The van der Waals surface area contributed by atoms with Crippen LogP contribution in [0, 0.1) is 12.3 Å². The van der Waals surface area contributed by atoms with Crippen molar-refractivity contribution in [3.63, 3.8) is 0 Å². The normalized spacial score (nSPS) is 23.8. The smallest absolute Gasteiger partial charge is 0.261 e. The van der Waals surface area contributed by atoms with Crippen molar-refractivity contribution in [3.8, 4) is 12.3 Å². The van der Waals surface area contributed by atoms with E-state index in [1.54, 1.807) is 24.3 Å². The predicted molar refractivity (Wildman–Crippen MR) is 111 cm³/mol. The number of hydrogen-bond donors (Lipinski definition) is 0. The topological polar surface area (TPSA) is 82.4 Å². The number of terminal acetylenes is 1. The first kappa shape index (κ1) is 20.3. The number of benzene rings is 1. The quantitative estimate of drug-likeness (QED) is 0.514. The zero-order valence-electron chi connectivity index (χ0n) is 17.2. The number of imide groups is 1. The molecule has 2 aliphatic heterocycles. The minimum Gasteiger partial charge on any atom is -0.343 e. The van der Waals surface area contributed by atoms with E-state index in [0.717, 1.165) is 12.8 Å². The SMILES string of the molecule is C#CCCC1(CCC(=O)N(C)C2CCC(N3C(=O)c4ccccc4C3=O)CC2)N=N1. The number of amides is 3. The Balaban J connectivity index is 1.28. The van der Waals surface area contributed by atoms with E-state index in [1.807, 2.05) is 11.9 Å². The Hall–Kier alpha value is -3.01. The monoisotopic (exact) mass is 406 g/mol. The van der Waals surface area contributed by atoms with Crippen molar-refractivity contribution in [1.29, 1.82) is 0 Å². The molecule has 0 unspecified atom stereocenters. The maximum absolute atomic E-state index is 12.7. The second-order valence-corrected chi connectivity index (χ2v) is 8.38. The highest BCUT2D eigenvalue weighted by molar-refractivity contribution is 6.21. The Morgan fingerprint density at radius 2 is 1.73 bits per heavy atom. The zero-order valence-corrected chi connectivity index (χ0v) is 17.2. The summed E-state index contributed by atoms with van der Waals surface area (Å²) in [6.07, 6.45) is 10.6. The molecule has 30 heavy (non-hydrogen) atoms. The van der Waals surface area contributed by atoms with Gasteiger partial charge in [0, 0.05) is 44.8 Å². The molecule has 0 atom stereocenters. The van der Waals surface area contributed by atoms with E-state index in [0.29, 0.717) is 49.7 Å². The Kier molecular flexibility index (Phi) is 5.42. The van der Waals surface area contributed by atoms with Gasteiger partial charge in [-0.1, -0.05) is 12.1 Å². The third kappa shape index (κ3) is 3.74. The predicted octanol–water partition coefficient (Wildman–Crippen LogP) is 3.41. The van der Waals surface area contributed by atoms with Crippen LogP contribution in [0.15, 0.2) is 34.5 Å². The average molecular weight is 406 g/mol. The lowest BCUT2D eigenvalue weighted by Gasteiger charge is -2.37. The van der Waals surface area contributed by atoms with Crippen LogP contribution in [0.5, 0.6) is 0 Å². The molecule has 1 aliphatic carbocycles. The molecule has 3 amide bonds. The van der Waals surface area contributed by atoms with E-state index < -0.39 is 5.66 Å². The maximum atomic E-state index is 12.7. The molecule has 0 aromatic heterocycles. The molecule has 7 nitrogen and oxygen atoms in total. The van der Waals surface area contributed by atoms with Crippen molar-refractivity contribution in [2.75, 3.05) is 7.05 Å². The number of carbonyl (C=O) groups excluding carboxylic acids is 3. The van der Waals surface area contributed by atoms with E-state index in [4.69, 9.17) is 6.42 Å². The molecular formula is C23H26N4O3. The fourth-order valence-corrected chi connectivity index (χ4v) is 4.60. The lowest BCUT2D eigenvalue weighted by atomic mass is 9.89. The van der Waals surface area contributed by atoms with Crippen LogP contribution in [0.1, 0.15) is 72.1 Å². The van der Waals surface area contributed by atoms with Gasteiger partial charge in [0.05, 0.1) is 11.1 Å². The average Bonchev–Trinajstić information content (AvgIpc) is 3.51. The number of hydrogen-bond acceptors (Lipinski definition) is 5. The van der Waals surface area contributed by atoms with Gasteiger partial charge in [0.25, 0.3) is 11.8 Å². The fourth-order valence-electron chi connectivity index (χ4n) is 4.60. The lowest BCUT2D eigenvalue weighted by Crippen LogP contribution is -2.46. The molecular weight excluding hydrogens is 380 g/mol. The summed E-state index contributed by atoms with van der Waals surface area (Å²) >= 11 is 0. The largest absolute Gasteiger partial charge is 0.343 e. The molecule has 1 fully saturated rings. The van der Waals surface area contributed by atoms with Gasteiger partial charge in [-0.05, 0) is 37.8 Å². The highest BCUT2D eigenvalue weighted by atomic mass is 16.2. The van der Waals surface area contributed by atoms with Crippen molar-refractivity contribution in [2.45, 2.75) is 69.1 Å². The third-order valence-corrected chi connectivity index (χ3v) is 6.59. The van der Waals surface area contributed by atoms with E-state index >= 15 is 0 Å². The van der Waals surface area contributed by atoms with Crippen molar-refractivity contribution in [2.24, 2.45) is 10.2 Å². The lowest BCUT2D eigenvalue weighted by molar-refractivity contribution is -0.133. The molecule has 3 aliphatic rings. The van der Waals surface area contributed by atoms with Gasteiger partial charge in [-0.2, -0.15) is 10.2 Å². The van der Waals surface area contributed by atoms with Crippen molar-refractivity contribution in [3.05, 3.63) is 35.4 Å². The summed E-state index contributed by atoms with van der Waals surface area (Å²) in [4.78, 5) is 41.3. The summed E-state index contributed by atoms with van der Waals surface area (Å²) in [6, 6.07) is 7.01. The standard InChI is InChI=1S/C23H26N4O3/c1-3-4-14-23(24-25-23)15-13-20(28)26(2)16-9-11-17(12-10-16)27-21(29)18-7-5-6-8-19(18)22(27)30/h1,5-8,16-17H,4,9-15H2,2H3. The van der Waals surface area contributed by atoms with E-state index in [-0.39, 0.29) is 29.8 Å². The molecule has 0 spiro atoms. The number of fused-ring (bicyclic) bond motifs is 1. The second-order valence-electron chi connectivity index (χ2n) is 8.38. The Morgan fingerprint density at radius 3 is 2.27 bits per heavy atom. The molecule has 0 radical (unpaired) electrons. The first-order valence-corrected chi connectivity index (χ1v) is 10.6. The van der Waals surface area contributed by atoms with Gasteiger partial charge in [-0.3, -0.25) is 19.3 Å². The second kappa shape index (κ2) is 8.02. The summed E-state index contributed by atoms with van der Waals surface area (Å²) in [5.41, 5.74) is 0.546. The number of nitrogens with zero attached hydrogens (tertiary/aromatic N) is 4. The van der Waals surface area contributed by atoms with Crippen LogP contribution < -0.4 is 0 Å². The number of carbonyl (C=O) groups is 3. The van der Waals surface area contributed by atoms with Crippen molar-refractivity contribution >= 4 is 17.7 Å². The molecule has 1 saturated carbocycles. The highest BCUT2D eigenvalue weighted by Gasteiger charge is 2.42. The van der Waals surface area contributed by atoms with Crippen LogP contribution in [0.2, 0.25) is 0 Å². The Bertz CT molecular complexity index is 899. The van der Waals surface area contributed by atoms with Gasteiger partial charge in [0.1, 0.15) is 0 Å². The molecule has 7 heteroatoms. The summed E-state index contributed by atoms with van der Waals surface area (Å²) in [5.74, 6) is 2.28. The molecule has 156 valence electrons. The van der Waals surface area contributed by atoms with Gasteiger partial charge in [0.15, 0.2) is 5.66 Å². The molecule has 2 heterocycles. The first-order valence-electron chi connectivity index (χ1n) is 10.6. The third-order valence-electron chi connectivity index (χ3n) is 6.59. The molecule has 4 rings (SSSR count). The first-order chi connectivity index (χ1) is 14.5. The summed E-state index contributed by atoms with van der Waals surface area (Å²) in [5, 5.41) is 8.18. The number of rotatable bonds is 7. The minimum absolute atomic E-state index is 0.0802. The van der Waals surface area contributed by atoms with E-state index in [1.165, 1.54) is 4.90 Å². The maximum Gasteiger partial charge on any atom is 0.261 e. The van der Waals surface area contributed by atoms with Crippen LogP contribution >= 0.6 is 0 Å². The van der Waals surface area contributed by atoms with Crippen LogP contribution in [0.25, 0.3) is 0 Å². The minimum atomic E-state index is -0.438. The Morgan fingerprint density at radius 1 is 1.13 bits per heavy atom. The zero-order chi connectivity index (χ0) is 21.3. The molecule has 0 N–H and O–H groups in total. The summed E-state index contributed by atoms with van der Waals surface area (Å²) in [7, 11) is 1.84. The van der Waals surface area contributed by atoms with Gasteiger partial charge in [-0.25, -0.2) is 0 Å². The van der Waals surface area contributed by atoms with Gasteiger partial charge < -0.3 is 4.90 Å². The van der Waals surface area contributed by atoms with Crippen LogP contribution in [0.3, 0.4) is 0 Å². The van der Waals surface area contributed by atoms with Crippen LogP contribution in [0.4, 0.5) is 0 Å². The van der Waals surface area contributed by atoms with Crippen molar-refractivity contribution in [1.82, 2.24) is 9.80 Å². The molecule has 0 saturated heterocycles. The fraction of sp³-hybridized carbons (Fsp3) is 0.522. The van der Waals surface area contributed by atoms with Crippen molar-refractivity contribution < 1.29 is 14.4 Å². The van der Waals surface area contributed by atoms with Gasteiger partial charge in [-0.15, -0.1) is 12.3 Å². The Labute approximate surface area is 176 Å². The van der Waals surface area contributed by atoms with E-state index in [9.17, 15) is 14.4 Å². The van der Waals surface area contributed by atoms with Crippen LogP contribution in [-0.2, 0) is 4.79 Å². The van der Waals surface area contributed by atoms with Crippen LogP contribution in [-0.4, -0.2) is 52.3 Å². The van der Waals surface area contributed by atoms with E-state index in [2.05, 4.69) is 16.1 Å². The summed E-state index contributed by atoms with van der Waals surface area (Å²) < 4.78 is 0. The highest BCUT2D eigenvalue weighted by Crippen LogP contribution is 2.38. The molecule has 0 bridgehead atoms. The molecule has 1 aromatic rings. The van der Waals surface area contributed by atoms with Gasteiger partial charge >= 0.3 is 0 Å². The summed E-state index contributed by atoms with van der Waals surface area (Å²) in [6.45, 7) is 0. The van der Waals surface area contributed by atoms with Gasteiger partial charge in [0.2, 0.25) is 5.91 Å². The molecule has 1 aromatic carbocycles.